The Morgan fingerprint density at radius 1 is 1.03 bits per heavy atom. The smallest absolute Gasteiger partial charge is 0.229 e. The molecular weight excluding hydrogens is 531 g/mol. The van der Waals surface area contributed by atoms with Crippen LogP contribution in [0.15, 0.2) is 54.6 Å². The zero-order valence-electron chi connectivity index (χ0n) is 22.6. The van der Waals surface area contributed by atoms with Gasteiger partial charge in [0.25, 0.3) is 0 Å². The van der Waals surface area contributed by atoms with Gasteiger partial charge in [-0.2, -0.15) is 0 Å². The fourth-order valence-electron chi connectivity index (χ4n) is 3.80. The summed E-state index contributed by atoms with van der Waals surface area (Å²) in [5, 5.41) is 1.25. The van der Waals surface area contributed by atoms with Crippen LogP contribution in [0.3, 0.4) is 0 Å². The molecule has 37 heavy (non-hydrogen) atoms. The molecule has 0 bridgehead atoms. The van der Waals surface area contributed by atoms with E-state index < -0.39 is 21.2 Å². The number of sulfone groups is 1. The van der Waals surface area contributed by atoms with Crippen molar-refractivity contribution in [2.24, 2.45) is 17.1 Å². The summed E-state index contributed by atoms with van der Waals surface area (Å²) in [5.41, 5.74) is 5.75. The molecule has 2 aromatic rings. The van der Waals surface area contributed by atoms with Crippen molar-refractivity contribution in [2.75, 3.05) is 12.8 Å². The molecule has 1 fully saturated rings. The van der Waals surface area contributed by atoms with Gasteiger partial charge < -0.3 is 10.6 Å². The van der Waals surface area contributed by atoms with E-state index >= 15 is 0 Å². The van der Waals surface area contributed by atoms with Crippen molar-refractivity contribution < 1.29 is 18.0 Å². The molecule has 1 aliphatic heterocycles. The highest BCUT2D eigenvalue weighted by molar-refractivity contribution is 7.91. The number of primary amides is 1. The number of nitrogens with two attached hydrogens (primary N) is 1. The molecule has 2 aromatic carbocycles. The second-order valence-corrected chi connectivity index (χ2v) is 13.8. The van der Waals surface area contributed by atoms with Gasteiger partial charge in [0.2, 0.25) is 11.8 Å². The number of carbonyl (C=O) groups is 2. The molecule has 2 amide bonds. The van der Waals surface area contributed by atoms with Gasteiger partial charge in [-0.15, -0.1) is 0 Å². The molecule has 1 saturated heterocycles. The molecule has 1 aliphatic rings. The van der Waals surface area contributed by atoms with Crippen molar-refractivity contribution in [1.29, 1.82) is 0 Å². The first-order valence-corrected chi connectivity index (χ1v) is 15.0. The number of benzene rings is 2. The van der Waals surface area contributed by atoms with Gasteiger partial charge in [0.15, 0.2) is 0 Å². The lowest BCUT2D eigenvalue weighted by Gasteiger charge is -2.45. The second kappa shape index (κ2) is 14.7. The van der Waals surface area contributed by atoms with E-state index in [2.05, 4.69) is 13.8 Å². The number of hydrogen-bond donors (Lipinski definition) is 1. The van der Waals surface area contributed by atoms with Gasteiger partial charge in [-0.25, -0.2) is 8.42 Å². The van der Waals surface area contributed by atoms with Crippen LogP contribution >= 0.6 is 23.2 Å². The topological polar surface area (TPSA) is 97.5 Å². The lowest BCUT2D eigenvalue weighted by Crippen LogP contribution is -2.51. The molecule has 1 unspecified atom stereocenters. The molecule has 3 rings (SSSR count). The highest BCUT2D eigenvalue weighted by Gasteiger charge is 2.45. The van der Waals surface area contributed by atoms with Crippen molar-refractivity contribution in [3.05, 3.63) is 70.2 Å². The molecule has 0 aromatic heterocycles. The molecule has 2 atom stereocenters. The van der Waals surface area contributed by atoms with E-state index in [4.69, 9.17) is 28.9 Å². The van der Waals surface area contributed by atoms with E-state index in [-0.39, 0.29) is 23.6 Å². The Balaban J connectivity index is 0.000000397. The van der Waals surface area contributed by atoms with Gasteiger partial charge in [-0.3, -0.25) is 9.59 Å². The molecule has 1 heterocycles. The molecule has 0 aliphatic carbocycles. The standard InChI is InChI=1S/C18H25ClN2O2.C6H5Cl.C4H10O2S/c1-12(2)11-21-15(13-4-6-14(19)7-5-13)8-9-18(3,17(21)23)10-16(20)22;7-6-4-2-1-3-5-6;1-4(2)7(3,5)6/h4-7,12,15H,8-11H2,1-3H3,(H2,20,22);1-5H;4H,1-3H3/t15?,18-;;/m1../s1. The molecule has 206 valence electrons. The number of amides is 2. The number of rotatable bonds is 6. The summed E-state index contributed by atoms with van der Waals surface area (Å²) in [6.45, 7) is 10.0. The first-order valence-electron chi connectivity index (χ1n) is 12.3. The molecule has 9 heteroatoms. The van der Waals surface area contributed by atoms with Crippen LogP contribution in [0.2, 0.25) is 10.0 Å². The quantitative estimate of drug-likeness (QED) is 0.439. The van der Waals surface area contributed by atoms with Crippen LogP contribution in [-0.2, 0) is 19.4 Å². The van der Waals surface area contributed by atoms with E-state index in [1.54, 1.807) is 13.8 Å². The zero-order chi connectivity index (χ0) is 28.4. The van der Waals surface area contributed by atoms with E-state index in [1.165, 1.54) is 6.26 Å². The summed E-state index contributed by atoms with van der Waals surface area (Å²) in [6, 6.07) is 17.1. The third-order valence-electron chi connectivity index (χ3n) is 6.09. The summed E-state index contributed by atoms with van der Waals surface area (Å²) < 4.78 is 20.7. The van der Waals surface area contributed by atoms with Crippen LogP contribution in [0, 0.1) is 11.3 Å². The summed E-state index contributed by atoms with van der Waals surface area (Å²) in [7, 11) is -2.74. The van der Waals surface area contributed by atoms with Gasteiger partial charge in [0.1, 0.15) is 9.84 Å². The van der Waals surface area contributed by atoms with Crippen LogP contribution in [0.5, 0.6) is 0 Å². The Morgan fingerprint density at radius 2 is 1.51 bits per heavy atom. The fourth-order valence-corrected chi connectivity index (χ4v) is 4.08. The minimum atomic E-state index is -2.74. The minimum absolute atomic E-state index is 0.0243. The first kappa shape index (κ1) is 32.9. The summed E-state index contributed by atoms with van der Waals surface area (Å²) >= 11 is 11.5. The maximum Gasteiger partial charge on any atom is 0.229 e. The first-order chi connectivity index (χ1) is 17.1. The summed E-state index contributed by atoms with van der Waals surface area (Å²) in [5.74, 6) is -0.0452. The Morgan fingerprint density at radius 3 is 1.89 bits per heavy atom. The minimum Gasteiger partial charge on any atom is -0.370 e. The lowest BCUT2D eigenvalue weighted by atomic mass is 9.74. The number of hydrogen-bond acceptors (Lipinski definition) is 4. The Kier molecular flexibility index (Phi) is 13.1. The van der Waals surface area contributed by atoms with Crippen molar-refractivity contribution in [1.82, 2.24) is 4.90 Å². The molecular formula is C28H40Cl2N2O4S. The molecule has 6 nitrogen and oxygen atoms in total. The van der Waals surface area contributed by atoms with E-state index in [0.29, 0.717) is 23.9 Å². The number of likely N-dealkylation sites (tertiary alicyclic amines) is 1. The SMILES string of the molecule is CC(C)CN1C(=O)[C@@](C)(CC(N)=O)CCC1c1ccc(Cl)cc1.CC(C)S(C)(=O)=O.Clc1ccccc1. The lowest BCUT2D eigenvalue weighted by molar-refractivity contribution is -0.152. The number of carbonyl (C=O) groups excluding carboxylic acids is 2. The average Bonchev–Trinajstić information content (AvgIpc) is 2.78. The van der Waals surface area contributed by atoms with Crippen LogP contribution in [-0.4, -0.2) is 43.2 Å². The van der Waals surface area contributed by atoms with Crippen molar-refractivity contribution >= 4 is 44.9 Å². The maximum absolute atomic E-state index is 13.1. The Bertz CT molecular complexity index is 1110. The number of piperidine rings is 1. The van der Waals surface area contributed by atoms with Gasteiger partial charge in [-0.1, -0.05) is 74.3 Å². The zero-order valence-corrected chi connectivity index (χ0v) is 24.9. The second-order valence-electron chi connectivity index (χ2n) is 10.3. The maximum atomic E-state index is 13.1. The van der Waals surface area contributed by atoms with E-state index in [9.17, 15) is 18.0 Å². The molecule has 0 spiro atoms. The monoisotopic (exact) mass is 570 g/mol. The van der Waals surface area contributed by atoms with Gasteiger partial charge in [0.05, 0.1) is 16.7 Å². The predicted octanol–water partition coefficient (Wildman–Crippen LogP) is 6.32. The van der Waals surface area contributed by atoms with E-state index in [0.717, 1.165) is 17.0 Å². The van der Waals surface area contributed by atoms with Crippen LogP contribution in [0.25, 0.3) is 0 Å². The van der Waals surface area contributed by atoms with Gasteiger partial charge in [0, 0.05) is 29.3 Å². The third kappa shape index (κ3) is 11.5. The average molecular weight is 572 g/mol. The fraction of sp³-hybridized carbons (Fsp3) is 0.500. The predicted molar refractivity (Wildman–Crippen MR) is 153 cm³/mol. The normalized spacial score (nSPS) is 19.6. The van der Waals surface area contributed by atoms with Crippen molar-refractivity contribution in [3.63, 3.8) is 0 Å². The van der Waals surface area contributed by atoms with Crippen LogP contribution < -0.4 is 5.73 Å². The number of nitrogens with zero attached hydrogens (tertiary/aromatic N) is 1. The van der Waals surface area contributed by atoms with Crippen LogP contribution in [0.1, 0.15) is 65.5 Å². The van der Waals surface area contributed by atoms with Crippen molar-refractivity contribution in [2.45, 2.75) is 65.2 Å². The molecule has 0 saturated carbocycles. The van der Waals surface area contributed by atoms with E-state index in [1.807, 2.05) is 66.4 Å². The summed E-state index contributed by atoms with van der Waals surface area (Å²) in [6.07, 6.45) is 2.83. The molecule has 0 radical (unpaired) electrons. The van der Waals surface area contributed by atoms with Gasteiger partial charge in [-0.05, 0) is 62.4 Å². The van der Waals surface area contributed by atoms with Crippen LogP contribution in [0.4, 0.5) is 0 Å². The molecule has 2 N–H and O–H groups in total. The van der Waals surface area contributed by atoms with Gasteiger partial charge >= 0.3 is 0 Å². The third-order valence-corrected chi connectivity index (χ3v) is 8.31. The summed E-state index contributed by atoms with van der Waals surface area (Å²) in [4.78, 5) is 26.4. The van der Waals surface area contributed by atoms with Crippen molar-refractivity contribution in [3.8, 4) is 0 Å². The Hall–Kier alpha value is -2.09. The number of halogens is 2. The highest BCUT2D eigenvalue weighted by Crippen LogP contribution is 2.43. The largest absolute Gasteiger partial charge is 0.370 e. The Labute approximate surface area is 232 Å². The highest BCUT2D eigenvalue weighted by atomic mass is 35.5.